The van der Waals surface area contributed by atoms with E-state index in [4.69, 9.17) is 5.11 Å². The predicted molar refractivity (Wildman–Crippen MR) is 65.4 cm³/mol. The molecule has 0 spiro atoms. The number of aliphatic carboxylic acids is 1. The Bertz CT molecular complexity index is 242. The standard InChI is InChI=1S/C13H23NO2/c1-3-11-6-8-12(9-7-11)14(2)10-4-5-13(15)16/h4-5,11-12H,3,6-10H2,1-2H3,(H,15,16). The van der Waals surface area contributed by atoms with Gasteiger partial charge in [-0.05, 0) is 38.6 Å². The van der Waals surface area contributed by atoms with E-state index in [9.17, 15) is 4.79 Å². The number of rotatable bonds is 5. The largest absolute Gasteiger partial charge is 0.478 e. The zero-order valence-corrected chi connectivity index (χ0v) is 10.4. The maximum absolute atomic E-state index is 10.3. The molecule has 0 radical (unpaired) electrons. The highest BCUT2D eigenvalue weighted by molar-refractivity contribution is 5.79. The summed E-state index contributed by atoms with van der Waals surface area (Å²) >= 11 is 0. The van der Waals surface area contributed by atoms with E-state index in [-0.39, 0.29) is 0 Å². The zero-order valence-electron chi connectivity index (χ0n) is 10.4. The summed E-state index contributed by atoms with van der Waals surface area (Å²) in [5.74, 6) is 0.0577. The fourth-order valence-corrected chi connectivity index (χ4v) is 2.46. The van der Waals surface area contributed by atoms with Gasteiger partial charge in [-0.25, -0.2) is 4.79 Å². The first-order valence-electron chi connectivity index (χ1n) is 6.23. The van der Waals surface area contributed by atoms with Gasteiger partial charge in [0, 0.05) is 18.7 Å². The number of carboxylic acid groups (broad SMARTS) is 1. The van der Waals surface area contributed by atoms with Crippen LogP contribution in [-0.2, 0) is 4.79 Å². The molecule has 0 aliphatic heterocycles. The topological polar surface area (TPSA) is 40.5 Å². The molecule has 1 saturated carbocycles. The predicted octanol–water partition coefficient (Wildman–Crippen LogP) is 2.53. The minimum Gasteiger partial charge on any atom is -0.478 e. The summed E-state index contributed by atoms with van der Waals surface area (Å²) in [5.41, 5.74) is 0. The van der Waals surface area contributed by atoms with Crippen LogP contribution < -0.4 is 0 Å². The third kappa shape index (κ3) is 4.35. The number of likely N-dealkylation sites (N-methyl/N-ethyl adjacent to an activating group) is 1. The average Bonchev–Trinajstić information content (AvgIpc) is 2.28. The molecule has 0 aromatic carbocycles. The van der Waals surface area contributed by atoms with Gasteiger partial charge in [0.2, 0.25) is 0 Å². The minimum atomic E-state index is -0.858. The summed E-state index contributed by atoms with van der Waals surface area (Å²) in [6, 6.07) is 0.640. The van der Waals surface area contributed by atoms with E-state index in [0.29, 0.717) is 6.04 Å². The first-order chi connectivity index (χ1) is 7.63. The van der Waals surface area contributed by atoms with Gasteiger partial charge in [0.05, 0.1) is 0 Å². The molecule has 0 unspecified atom stereocenters. The number of carbonyl (C=O) groups is 1. The van der Waals surface area contributed by atoms with Crippen molar-refractivity contribution in [2.45, 2.75) is 45.1 Å². The molecule has 1 aliphatic rings. The van der Waals surface area contributed by atoms with Crippen LogP contribution in [0.1, 0.15) is 39.0 Å². The van der Waals surface area contributed by atoms with Crippen LogP contribution in [0.2, 0.25) is 0 Å². The van der Waals surface area contributed by atoms with Crippen molar-refractivity contribution in [1.29, 1.82) is 0 Å². The van der Waals surface area contributed by atoms with Crippen molar-refractivity contribution in [3.8, 4) is 0 Å². The Labute approximate surface area is 98.1 Å². The van der Waals surface area contributed by atoms with Crippen LogP contribution in [-0.4, -0.2) is 35.6 Å². The molecule has 1 rings (SSSR count). The average molecular weight is 225 g/mol. The number of nitrogens with zero attached hydrogens (tertiary/aromatic N) is 1. The van der Waals surface area contributed by atoms with Gasteiger partial charge in [-0.1, -0.05) is 19.4 Å². The van der Waals surface area contributed by atoms with Crippen LogP contribution in [0.15, 0.2) is 12.2 Å². The van der Waals surface area contributed by atoms with Crippen LogP contribution in [0.4, 0.5) is 0 Å². The summed E-state index contributed by atoms with van der Waals surface area (Å²) in [6.07, 6.45) is 9.44. The van der Waals surface area contributed by atoms with Crippen molar-refractivity contribution in [2.75, 3.05) is 13.6 Å². The summed E-state index contributed by atoms with van der Waals surface area (Å²) in [4.78, 5) is 12.6. The lowest BCUT2D eigenvalue weighted by Crippen LogP contribution is -2.35. The second-order valence-electron chi connectivity index (χ2n) is 4.76. The van der Waals surface area contributed by atoms with Gasteiger partial charge < -0.3 is 5.11 Å². The van der Waals surface area contributed by atoms with Crippen molar-refractivity contribution in [1.82, 2.24) is 4.90 Å². The van der Waals surface area contributed by atoms with E-state index in [0.717, 1.165) is 12.5 Å². The van der Waals surface area contributed by atoms with Gasteiger partial charge in [0.25, 0.3) is 0 Å². The minimum absolute atomic E-state index is 0.640. The smallest absolute Gasteiger partial charge is 0.328 e. The molecule has 0 heterocycles. The molecule has 1 N–H and O–H groups in total. The molecular formula is C13H23NO2. The SMILES string of the molecule is CCC1CCC(N(C)CC=CC(=O)O)CC1. The highest BCUT2D eigenvalue weighted by Gasteiger charge is 2.22. The van der Waals surface area contributed by atoms with E-state index in [1.54, 1.807) is 6.08 Å². The molecule has 3 nitrogen and oxygen atoms in total. The zero-order chi connectivity index (χ0) is 12.0. The molecule has 3 heteroatoms. The van der Waals surface area contributed by atoms with E-state index in [1.807, 2.05) is 0 Å². The summed E-state index contributed by atoms with van der Waals surface area (Å²) < 4.78 is 0. The Morgan fingerprint density at radius 3 is 2.50 bits per heavy atom. The third-order valence-corrected chi connectivity index (χ3v) is 3.67. The summed E-state index contributed by atoms with van der Waals surface area (Å²) in [5, 5.41) is 8.50. The quantitative estimate of drug-likeness (QED) is 0.731. The first-order valence-corrected chi connectivity index (χ1v) is 6.23. The molecule has 16 heavy (non-hydrogen) atoms. The van der Waals surface area contributed by atoms with E-state index >= 15 is 0 Å². The van der Waals surface area contributed by atoms with Crippen molar-refractivity contribution < 1.29 is 9.90 Å². The summed E-state index contributed by atoms with van der Waals surface area (Å²) in [6.45, 7) is 3.01. The highest BCUT2D eigenvalue weighted by atomic mass is 16.4. The van der Waals surface area contributed by atoms with E-state index < -0.39 is 5.97 Å². The van der Waals surface area contributed by atoms with Crippen molar-refractivity contribution in [2.24, 2.45) is 5.92 Å². The Morgan fingerprint density at radius 2 is 2.00 bits per heavy atom. The van der Waals surface area contributed by atoms with Gasteiger partial charge in [-0.3, -0.25) is 4.90 Å². The van der Waals surface area contributed by atoms with Crippen molar-refractivity contribution in [3.63, 3.8) is 0 Å². The van der Waals surface area contributed by atoms with Crippen LogP contribution in [0.3, 0.4) is 0 Å². The molecule has 0 atom stereocenters. The lowest BCUT2D eigenvalue weighted by Gasteiger charge is -2.33. The maximum Gasteiger partial charge on any atom is 0.328 e. The van der Waals surface area contributed by atoms with Crippen LogP contribution in [0.25, 0.3) is 0 Å². The second-order valence-corrected chi connectivity index (χ2v) is 4.76. The molecule has 0 bridgehead atoms. The Morgan fingerprint density at radius 1 is 1.38 bits per heavy atom. The number of carboxylic acids is 1. The fourth-order valence-electron chi connectivity index (χ4n) is 2.46. The number of hydrogen-bond donors (Lipinski definition) is 1. The fraction of sp³-hybridized carbons (Fsp3) is 0.769. The molecule has 0 aromatic rings. The molecular weight excluding hydrogens is 202 g/mol. The van der Waals surface area contributed by atoms with Crippen molar-refractivity contribution in [3.05, 3.63) is 12.2 Å². The molecule has 0 amide bonds. The van der Waals surface area contributed by atoms with Crippen LogP contribution >= 0.6 is 0 Å². The molecule has 1 fully saturated rings. The number of hydrogen-bond acceptors (Lipinski definition) is 2. The molecule has 0 aromatic heterocycles. The highest BCUT2D eigenvalue weighted by Crippen LogP contribution is 2.28. The molecule has 92 valence electrons. The van der Waals surface area contributed by atoms with Crippen LogP contribution in [0, 0.1) is 5.92 Å². The van der Waals surface area contributed by atoms with Crippen LogP contribution in [0.5, 0.6) is 0 Å². The maximum atomic E-state index is 10.3. The van der Waals surface area contributed by atoms with Gasteiger partial charge in [-0.15, -0.1) is 0 Å². The molecule has 1 aliphatic carbocycles. The van der Waals surface area contributed by atoms with E-state index in [1.165, 1.54) is 38.2 Å². The van der Waals surface area contributed by atoms with E-state index in [2.05, 4.69) is 18.9 Å². The monoisotopic (exact) mass is 225 g/mol. The van der Waals surface area contributed by atoms with Gasteiger partial charge >= 0.3 is 5.97 Å². The third-order valence-electron chi connectivity index (χ3n) is 3.67. The van der Waals surface area contributed by atoms with Gasteiger partial charge in [-0.2, -0.15) is 0 Å². The molecule has 0 saturated heterocycles. The normalized spacial score (nSPS) is 26.4. The lowest BCUT2D eigenvalue weighted by molar-refractivity contribution is -0.131. The second kappa shape index (κ2) is 6.69. The Kier molecular flexibility index (Phi) is 5.53. The van der Waals surface area contributed by atoms with Crippen molar-refractivity contribution >= 4 is 5.97 Å². The Balaban J connectivity index is 2.27. The van der Waals surface area contributed by atoms with Gasteiger partial charge in [0.15, 0.2) is 0 Å². The first kappa shape index (κ1) is 13.2. The Hall–Kier alpha value is -0.830. The van der Waals surface area contributed by atoms with Gasteiger partial charge in [0.1, 0.15) is 0 Å². The lowest BCUT2D eigenvalue weighted by atomic mass is 9.84. The summed E-state index contributed by atoms with van der Waals surface area (Å²) in [7, 11) is 2.09.